The molecule has 1 aromatic carbocycles. The Kier molecular flexibility index (Phi) is 4.54. The second kappa shape index (κ2) is 6.15. The first-order valence-electron chi connectivity index (χ1n) is 6.39. The quantitative estimate of drug-likeness (QED) is 0.603. The second-order valence-corrected chi connectivity index (χ2v) is 4.86. The molecule has 0 aliphatic carbocycles. The third-order valence-corrected chi connectivity index (χ3v) is 3.73. The van der Waals surface area contributed by atoms with Crippen LogP contribution < -0.4 is 11.3 Å². The number of hydrazine groups is 1. The minimum absolute atomic E-state index is 0.372. The minimum Gasteiger partial charge on any atom is -0.381 e. The highest BCUT2D eigenvalue weighted by molar-refractivity contribution is 5.25. The molecule has 1 saturated heterocycles. The fourth-order valence-electron chi connectivity index (χ4n) is 2.53. The summed E-state index contributed by atoms with van der Waals surface area (Å²) in [4.78, 5) is 0. The zero-order valence-corrected chi connectivity index (χ0v) is 10.5. The number of nitrogens with one attached hydrogen (secondary N) is 1. The Balaban J connectivity index is 1.89. The van der Waals surface area contributed by atoms with Crippen LogP contribution in [-0.4, -0.2) is 19.3 Å². The lowest BCUT2D eigenvalue weighted by Crippen LogP contribution is -2.41. The van der Waals surface area contributed by atoms with Gasteiger partial charge in [-0.2, -0.15) is 0 Å². The van der Waals surface area contributed by atoms with Crippen molar-refractivity contribution in [2.75, 3.05) is 13.2 Å². The molecular weight excluding hydrogens is 212 g/mol. The molecule has 2 rings (SSSR count). The Morgan fingerprint density at radius 1 is 1.47 bits per heavy atom. The van der Waals surface area contributed by atoms with Crippen LogP contribution in [0.2, 0.25) is 0 Å². The van der Waals surface area contributed by atoms with Crippen LogP contribution >= 0.6 is 0 Å². The van der Waals surface area contributed by atoms with Gasteiger partial charge in [0, 0.05) is 18.6 Å². The van der Waals surface area contributed by atoms with Crippen molar-refractivity contribution in [3.63, 3.8) is 0 Å². The third-order valence-electron chi connectivity index (χ3n) is 3.73. The highest BCUT2D eigenvalue weighted by atomic mass is 16.5. The average molecular weight is 234 g/mol. The van der Waals surface area contributed by atoms with Crippen molar-refractivity contribution in [3.8, 4) is 0 Å². The number of benzene rings is 1. The summed E-state index contributed by atoms with van der Waals surface area (Å²) in [5.74, 6) is 6.22. The summed E-state index contributed by atoms with van der Waals surface area (Å²) in [6, 6.07) is 8.93. The minimum atomic E-state index is 0.372. The molecule has 0 amide bonds. The summed E-state index contributed by atoms with van der Waals surface area (Å²) in [5, 5.41) is 0. The van der Waals surface area contributed by atoms with Gasteiger partial charge in [0.2, 0.25) is 0 Å². The number of rotatable bonds is 5. The highest BCUT2D eigenvalue weighted by Gasteiger charge is 2.24. The maximum atomic E-state index is 5.65. The first kappa shape index (κ1) is 12.6. The Morgan fingerprint density at radius 2 is 2.29 bits per heavy atom. The van der Waals surface area contributed by atoms with Gasteiger partial charge >= 0.3 is 0 Å². The first-order chi connectivity index (χ1) is 8.31. The van der Waals surface area contributed by atoms with Gasteiger partial charge in [-0.25, -0.2) is 0 Å². The van der Waals surface area contributed by atoms with E-state index in [1.165, 1.54) is 11.1 Å². The molecule has 3 N–H and O–H groups in total. The van der Waals surface area contributed by atoms with Gasteiger partial charge in [-0.05, 0) is 37.3 Å². The first-order valence-corrected chi connectivity index (χ1v) is 6.39. The third kappa shape index (κ3) is 3.28. The lowest BCUT2D eigenvalue weighted by Gasteiger charge is -2.21. The van der Waals surface area contributed by atoms with Gasteiger partial charge in [-0.15, -0.1) is 0 Å². The molecule has 1 aliphatic heterocycles. The van der Waals surface area contributed by atoms with Gasteiger partial charge in [-0.1, -0.05) is 24.3 Å². The van der Waals surface area contributed by atoms with Crippen LogP contribution in [-0.2, 0) is 11.2 Å². The maximum absolute atomic E-state index is 5.65. The smallest absolute Gasteiger partial charge is 0.0510 e. The summed E-state index contributed by atoms with van der Waals surface area (Å²) in [6.45, 7) is 3.90. The van der Waals surface area contributed by atoms with E-state index in [4.69, 9.17) is 10.6 Å². The number of aryl methyl sites for hydroxylation is 2. The van der Waals surface area contributed by atoms with Gasteiger partial charge in [0.15, 0.2) is 0 Å². The lowest BCUT2D eigenvalue weighted by atomic mass is 9.92. The molecule has 1 aliphatic rings. The Hall–Kier alpha value is -0.900. The molecule has 2 unspecified atom stereocenters. The van der Waals surface area contributed by atoms with Crippen LogP contribution in [0.5, 0.6) is 0 Å². The summed E-state index contributed by atoms with van der Waals surface area (Å²) in [5.41, 5.74) is 5.74. The van der Waals surface area contributed by atoms with Crippen LogP contribution in [0.15, 0.2) is 24.3 Å². The monoisotopic (exact) mass is 234 g/mol. The molecule has 1 aromatic rings. The Morgan fingerprint density at radius 3 is 2.94 bits per heavy atom. The van der Waals surface area contributed by atoms with E-state index in [1.807, 2.05) is 0 Å². The van der Waals surface area contributed by atoms with Crippen LogP contribution in [0, 0.1) is 12.8 Å². The Labute approximate surface area is 103 Å². The maximum Gasteiger partial charge on any atom is 0.0510 e. The van der Waals surface area contributed by atoms with Crippen LogP contribution in [0.3, 0.4) is 0 Å². The van der Waals surface area contributed by atoms with Crippen molar-refractivity contribution in [1.29, 1.82) is 0 Å². The van der Waals surface area contributed by atoms with E-state index in [2.05, 4.69) is 36.6 Å². The highest BCUT2D eigenvalue weighted by Crippen LogP contribution is 2.20. The molecule has 0 aromatic heterocycles. The van der Waals surface area contributed by atoms with Crippen molar-refractivity contribution in [3.05, 3.63) is 35.4 Å². The van der Waals surface area contributed by atoms with Gasteiger partial charge in [0.25, 0.3) is 0 Å². The predicted octanol–water partition coefficient (Wildman–Crippen LogP) is 1.80. The number of hydrogen-bond acceptors (Lipinski definition) is 3. The number of nitrogens with two attached hydrogens (primary N) is 1. The van der Waals surface area contributed by atoms with Crippen molar-refractivity contribution < 1.29 is 4.74 Å². The van der Waals surface area contributed by atoms with Gasteiger partial charge in [0.1, 0.15) is 0 Å². The second-order valence-electron chi connectivity index (χ2n) is 4.86. The van der Waals surface area contributed by atoms with Crippen LogP contribution in [0.25, 0.3) is 0 Å². The largest absolute Gasteiger partial charge is 0.381 e. The molecule has 0 saturated carbocycles. The van der Waals surface area contributed by atoms with Gasteiger partial charge in [0.05, 0.1) is 6.61 Å². The summed E-state index contributed by atoms with van der Waals surface area (Å²) in [7, 11) is 0. The van der Waals surface area contributed by atoms with E-state index in [-0.39, 0.29) is 0 Å². The average Bonchev–Trinajstić information content (AvgIpc) is 2.86. The SMILES string of the molecule is Cc1ccccc1CCC(NN)C1CCOC1. The van der Waals surface area contributed by atoms with Crippen molar-refractivity contribution >= 4 is 0 Å². The van der Waals surface area contributed by atoms with E-state index in [0.717, 1.165) is 32.5 Å². The number of hydrogen-bond donors (Lipinski definition) is 2. The summed E-state index contributed by atoms with van der Waals surface area (Å²) >= 11 is 0. The van der Waals surface area contributed by atoms with Gasteiger partial charge < -0.3 is 4.74 Å². The van der Waals surface area contributed by atoms with Crippen molar-refractivity contribution in [1.82, 2.24) is 5.43 Å². The molecule has 94 valence electrons. The molecule has 1 fully saturated rings. The molecule has 0 bridgehead atoms. The fraction of sp³-hybridized carbons (Fsp3) is 0.571. The summed E-state index contributed by atoms with van der Waals surface area (Å²) in [6.07, 6.45) is 3.29. The van der Waals surface area contributed by atoms with E-state index >= 15 is 0 Å². The van der Waals surface area contributed by atoms with Crippen molar-refractivity contribution in [2.24, 2.45) is 11.8 Å². The normalized spacial score (nSPS) is 21.6. The lowest BCUT2D eigenvalue weighted by molar-refractivity contribution is 0.175. The molecule has 17 heavy (non-hydrogen) atoms. The number of ether oxygens (including phenoxy) is 1. The standard InChI is InChI=1S/C14H22N2O/c1-11-4-2-3-5-12(11)6-7-14(16-15)13-8-9-17-10-13/h2-5,13-14,16H,6-10,15H2,1H3. The fourth-order valence-corrected chi connectivity index (χ4v) is 2.53. The molecule has 0 spiro atoms. The van der Waals surface area contributed by atoms with E-state index in [0.29, 0.717) is 12.0 Å². The van der Waals surface area contributed by atoms with Crippen molar-refractivity contribution in [2.45, 2.75) is 32.2 Å². The van der Waals surface area contributed by atoms with E-state index < -0.39 is 0 Å². The zero-order chi connectivity index (χ0) is 12.1. The predicted molar refractivity (Wildman–Crippen MR) is 69.5 cm³/mol. The van der Waals surface area contributed by atoms with Crippen LogP contribution in [0.4, 0.5) is 0 Å². The topological polar surface area (TPSA) is 47.3 Å². The van der Waals surface area contributed by atoms with E-state index in [9.17, 15) is 0 Å². The van der Waals surface area contributed by atoms with Crippen LogP contribution in [0.1, 0.15) is 24.0 Å². The summed E-state index contributed by atoms with van der Waals surface area (Å²) < 4.78 is 5.42. The molecule has 0 radical (unpaired) electrons. The molecule has 3 heteroatoms. The molecule has 3 nitrogen and oxygen atoms in total. The van der Waals surface area contributed by atoms with Gasteiger partial charge in [-0.3, -0.25) is 11.3 Å². The Bertz CT molecular complexity index is 348. The van der Waals surface area contributed by atoms with E-state index in [1.54, 1.807) is 0 Å². The zero-order valence-electron chi connectivity index (χ0n) is 10.5. The molecular formula is C14H22N2O. The molecule has 2 atom stereocenters. The molecule has 1 heterocycles.